The van der Waals surface area contributed by atoms with Crippen LogP contribution in [-0.4, -0.2) is 64.7 Å². The maximum Gasteiger partial charge on any atom is 0.508 e. The van der Waals surface area contributed by atoms with Gasteiger partial charge in [-0.15, -0.1) is 0 Å². The minimum absolute atomic E-state index is 0.0776. The largest absolute Gasteiger partial charge is 0.508 e. The summed E-state index contributed by atoms with van der Waals surface area (Å²) in [4.78, 5) is 50.0. The van der Waals surface area contributed by atoms with Gasteiger partial charge >= 0.3 is 17.9 Å². The van der Waals surface area contributed by atoms with Crippen LogP contribution >= 0.6 is 0 Å². The number of carbonyl (C=O) groups is 2. The first-order valence-corrected chi connectivity index (χ1v) is 10.9. The van der Waals surface area contributed by atoms with Gasteiger partial charge in [-0.1, -0.05) is 0 Å². The molecule has 2 heterocycles. The Balaban J connectivity index is 2.30. The third kappa shape index (κ3) is 7.39. The summed E-state index contributed by atoms with van der Waals surface area (Å²) in [6.07, 6.45) is -3.25. The molecule has 2 rings (SSSR count). The molecular weight excluding hydrogens is 454 g/mol. The van der Waals surface area contributed by atoms with Crippen molar-refractivity contribution in [3.63, 3.8) is 0 Å². The highest BCUT2D eigenvalue weighted by atomic mass is 18.2. The van der Waals surface area contributed by atoms with Gasteiger partial charge in [0, 0.05) is 18.2 Å². The molecule has 1 aliphatic rings. The number of ether oxygens (including phenoxy) is 5. The fourth-order valence-electron chi connectivity index (χ4n) is 3.19. The Kier molecular flexibility index (Phi) is 8.65. The van der Waals surface area contributed by atoms with E-state index in [4.69, 9.17) is 23.7 Å². The van der Waals surface area contributed by atoms with Crippen molar-refractivity contribution in [3.8, 4) is 0 Å². The lowest BCUT2D eigenvalue weighted by atomic mass is 10.2. The van der Waals surface area contributed by atoms with Crippen LogP contribution in [0.15, 0.2) is 15.8 Å². The smallest absolute Gasteiger partial charge is 0.443 e. The second-order valence-corrected chi connectivity index (χ2v) is 9.86. The SMILES string of the molecule is Cc1cn([C@H]2C[C@H](OCC[18F])[C@@H](COC(=O)OC(C)(C)C)O2)c(=O)n(C(=O)OC(C)(C)C)c1=O. The first-order chi connectivity index (χ1) is 15.6. The topological polar surface area (TPSA) is 124 Å². The summed E-state index contributed by atoms with van der Waals surface area (Å²) >= 11 is 0. The van der Waals surface area contributed by atoms with Crippen LogP contribution in [0.1, 0.15) is 59.8 Å². The van der Waals surface area contributed by atoms with Crippen LogP contribution in [0.25, 0.3) is 0 Å². The summed E-state index contributed by atoms with van der Waals surface area (Å²) in [7, 11) is 0. The lowest BCUT2D eigenvalue weighted by molar-refractivity contribution is -0.0814. The van der Waals surface area contributed by atoms with Crippen molar-refractivity contribution in [2.24, 2.45) is 0 Å². The van der Waals surface area contributed by atoms with Gasteiger partial charge in [0.1, 0.15) is 36.8 Å². The molecule has 3 atom stereocenters. The maximum absolute atomic E-state index is 13.0. The van der Waals surface area contributed by atoms with Crippen LogP contribution in [-0.2, 0) is 23.7 Å². The van der Waals surface area contributed by atoms with E-state index in [0.29, 0.717) is 4.57 Å². The molecule has 1 aliphatic heterocycles. The standard InChI is InChI=1S/C22H33FN2O9/c1-13-11-24(18(27)25(17(13)26)19(28)33-21(2,3)4)16-10-14(30-9-8-23)15(32-16)12-31-20(29)34-22(5,6)7/h11,14-16H,8-10,12H2,1-7H3/t14-,15+,16+/m0/s1/i23-1. The number of rotatable bonds is 6. The van der Waals surface area contributed by atoms with Gasteiger partial charge in [-0.2, -0.15) is 4.57 Å². The quantitative estimate of drug-likeness (QED) is 0.557. The molecule has 1 saturated heterocycles. The fourth-order valence-corrected chi connectivity index (χ4v) is 3.19. The van der Waals surface area contributed by atoms with Gasteiger partial charge < -0.3 is 23.7 Å². The molecule has 0 bridgehead atoms. The minimum Gasteiger partial charge on any atom is -0.443 e. The molecule has 0 N–H and O–H groups in total. The lowest BCUT2D eigenvalue weighted by Gasteiger charge is -2.22. The minimum atomic E-state index is -1.12. The summed E-state index contributed by atoms with van der Waals surface area (Å²) in [5.41, 5.74) is -3.38. The zero-order chi connectivity index (χ0) is 25.8. The zero-order valence-electron chi connectivity index (χ0n) is 20.6. The maximum atomic E-state index is 13.0. The van der Waals surface area contributed by atoms with Crippen LogP contribution in [0.4, 0.5) is 14.0 Å². The van der Waals surface area contributed by atoms with E-state index < -0.39 is 59.8 Å². The molecule has 0 amide bonds. The number of nitrogens with zero attached hydrogens (tertiary/aromatic N) is 2. The molecule has 1 aromatic rings. The molecule has 12 heteroatoms. The van der Waals surface area contributed by atoms with E-state index in [9.17, 15) is 23.6 Å². The average Bonchev–Trinajstić information content (AvgIpc) is 3.07. The highest BCUT2D eigenvalue weighted by Gasteiger charge is 2.39. The highest BCUT2D eigenvalue weighted by Crippen LogP contribution is 2.30. The molecule has 0 unspecified atom stereocenters. The summed E-state index contributed by atoms with van der Waals surface area (Å²) in [5.74, 6) is 0. The predicted octanol–water partition coefficient (Wildman–Crippen LogP) is 2.70. The molecule has 34 heavy (non-hydrogen) atoms. The molecule has 0 spiro atoms. The number of aryl methyl sites for hydroxylation is 1. The van der Waals surface area contributed by atoms with Crippen molar-refractivity contribution in [1.82, 2.24) is 9.13 Å². The average molecular weight is 488 g/mol. The van der Waals surface area contributed by atoms with Gasteiger partial charge in [-0.05, 0) is 48.5 Å². The van der Waals surface area contributed by atoms with Gasteiger partial charge in [0.05, 0.1) is 12.7 Å². The lowest BCUT2D eigenvalue weighted by Crippen LogP contribution is -2.47. The van der Waals surface area contributed by atoms with Crippen LogP contribution < -0.4 is 11.2 Å². The zero-order valence-corrected chi connectivity index (χ0v) is 20.6. The Hall–Kier alpha value is -2.73. The van der Waals surface area contributed by atoms with Crippen LogP contribution in [0.3, 0.4) is 0 Å². The first kappa shape index (κ1) is 27.5. The molecule has 192 valence electrons. The Morgan fingerprint density at radius 2 is 1.74 bits per heavy atom. The molecule has 0 saturated carbocycles. The number of aromatic nitrogens is 2. The highest BCUT2D eigenvalue weighted by molar-refractivity contribution is 5.70. The Morgan fingerprint density at radius 1 is 1.12 bits per heavy atom. The summed E-state index contributed by atoms with van der Waals surface area (Å²) in [6.45, 7) is 10.0. The van der Waals surface area contributed by atoms with Crippen molar-refractivity contribution < 1.29 is 37.7 Å². The molecule has 11 nitrogen and oxygen atoms in total. The van der Waals surface area contributed by atoms with Crippen molar-refractivity contribution in [1.29, 1.82) is 0 Å². The third-order valence-corrected chi connectivity index (χ3v) is 4.52. The van der Waals surface area contributed by atoms with Crippen molar-refractivity contribution in [2.45, 2.75) is 84.5 Å². The monoisotopic (exact) mass is 487 g/mol. The number of alkyl halides is 1. The van der Waals surface area contributed by atoms with E-state index in [1.165, 1.54) is 13.1 Å². The number of hydrogen-bond acceptors (Lipinski definition) is 9. The Labute approximate surface area is 196 Å². The number of halogens is 1. The molecule has 1 aromatic heterocycles. The van der Waals surface area contributed by atoms with E-state index in [1.807, 2.05) is 0 Å². The van der Waals surface area contributed by atoms with Crippen LogP contribution in [0, 0.1) is 6.92 Å². The summed E-state index contributed by atoms with van der Waals surface area (Å²) < 4.78 is 40.9. The van der Waals surface area contributed by atoms with Crippen molar-refractivity contribution in [2.75, 3.05) is 19.9 Å². The Bertz CT molecular complexity index is 1000. The molecule has 0 aromatic carbocycles. The van der Waals surface area contributed by atoms with Crippen molar-refractivity contribution in [3.05, 3.63) is 32.6 Å². The number of hydrogen-bond donors (Lipinski definition) is 0. The molecule has 1 fully saturated rings. The second kappa shape index (κ2) is 10.7. The van der Waals surface area contributed by atoms with E-state index in [0.717, 1.165) is 4.57 Å². The van der Waals surface area contributed by atoms with E-state index in [-0.39, 0.29) is 25.2 Å². The molecule has 0 radical (unpaired) electrons. The fraction of sp³-hybridized carbons (Fsp3) is 0.727. The van der Waals surface area contributed by atoms with Gasteiger partial charge in [-0.3, -0.25) is 9.36 Å². The van der Waals surface area contributed by atoms with Gasteiger partial charge in [0.2, 0.25) is 0 Å². The van der Waals surface area contributed by atoms with Crippen LogP contribution in [0.5, 0.6) is 0 Å². The summed E-state index contributed by atoms with van der Waals surface area (Å²) in [5, 5.41) is 0. The van der Waals surface area contributed by atoms with Gasteiger partial charge in [0.15, 0.2) is 0 Å². The van der Waals surface area contributed by atoms with Gasteiger partial charge in [0.25, 0.3) is 5.56 Å². The number of carbonyl (C=O) groups excluding carboxylic acids is 2. The van der Waals surface area contributed by atoms with E-state index in [1.54, 1.807) is 41.5 Å². The predicted molar refractivity (Wildman–Crippen MR) is 118 cm³/mol. The van der Waals surface area contributed by atoms with E-state index in [2.05, 4.69) is 0 Å². The van der Waals surface area contributed by atoms with Crippen LogP contribution in [0.2, 0.25) is 0 Å². The Morgan fingerprint density at radius 3 is 2.29 bits per heavy atom. The first-order valence-electron chi connectivity index (χ1n) is 10.9. The van der Waals surface area contributed by atoms with Crippen molar-refractivity contribution >= 4 is 12.2 Å². The second-order valence-electron chi connectivity index (χ2n) is 9.86. The van der Waals surface area contributed by atoms with E-state index >= 15 is 0 Å². The molecule has 0 aliphatic carbocycles. The van der Waals surface area contributed by atoms with Gasteiger partial charge in [-0.25, -0.2) is 18.8 Å². The third-order valence-electron chi connectivity index (χ3n) is 4.52. The summed E-state index contributed by atoms with van der Waals surface area (Å²) in [6, 6.07) is 0. The molecular formula is C22H33FN2O9. The normalized spacial score (nSPS) is 20.8.